The second kappa shape index (κ2) is 5.96. The molecule has 0 radical (unpaired) electrons. The number of carbonyl (C=O) groups is 3. The minimum atomic E-state index is -0.559. The van der Waals surface area contributed by atoms with Crippen LogP contribution in [0.2, 0.25) is 0 Å². The van der Waals surface area contributed by atoms with Crippen LogP contribution in [0.5, 0.6) is 0 Å². The molecule has 21 heavy (non-hydrogen) atoms. The fraction of sp³-hybridized carbons (Fsp3) is 0.462. The van der Waals surface area contributed by atoms with Crippen molar-refractivity contribution in [2.45, 2.75) is 26.4 Å². The van der Waals surface area contributed by atoms with Crippen LogP contribution in [0.15, 0.2) is 16.5 Å². The van der Waals surface area contributed by atoms with Gasteiger partial charge in [-0.05, 0) is 26.0 Å². The number of nitrogen functional groups attached to an aromatic ring is 1. The van der Waals surface area contributed by atoms with E-state index in [2.05, 4.69) is 0 Å². The molecule has 8 nitrogen and oxygen atoms in total. The first-order valence-corrected chi connectivity index (χ1v) is 6.63. The van der Waals surface area contributed by atoms with E-state index in [0.29, 0.717) is 18.8 Å². The lowest BCUT2D eigenvalue weighted by atomic mass is 10.2. The van der Waals surface area contributed by atoms with Crippen molar-refractivity contribution in [1.29, 1.82) is 0 Å². The molecule has 0 spiro atoms. The molecule has 1 fully saturated rings. The highest BCUT2D eigenvalue weighted by atomic mass is 16.4. The monoisotopic (exact) mass is 294 g/mol. The fourth-order valence-electron chi connectivity index (χ4n) is 2.18. The summed E-state index contributed by atoms with van der Waals surface area (Å²) < 4.78 is 5.29. The van der Waals surface area contributed by atoms with E-state index in [0.717, 1.165) is 0 Å². The smallest absolute Gasteiger partial charge is 0.312 e. The van der Waals surface area contributed by atoms with Crippen LogP contribution in [0.1, 0.15) is 30.2 Å². The topological polar surface area (TPSA) is 109 Å². The summed E-state index contributed by atoms with van der Waals surface area (Å²) in [5.41, 5.74) is 1.96. The lowest BCUT2D eigenvalue weighted by Crippen LogP contribution is -2.55. The molecule has 1 aromatic heterocycles. The zero-order chi connectivity index (χ0) is 15.6. The van der Waals surface area contributed by atoms with Crippen LogP contribution in [0.3, 0.4) is 0 Å². The highest BCUT2D eigenvalue weighted by molar-refractivity contribution is 6.35. The van der Waals surface area contributed by atoms with Gasteiger partial charge in [0.1, 0.15) is 5.76 Å². The Balaban J connectivity index is 2.04. The first-order chi connectivity index (χ1) is 9.93. The van der Waals surface area contributed by atoms with Crippen LogP contribution >= 0.6 is 0 Å². The van der Waals surface area contributed by atoms with Gasteiger partial charge in [-0.15, -0.1) is 0 Å². The molecule has 0 aliphatic carbocycles. The molecule has 2 rings (SSSR count). The second-order valence-corrected chi connectivity index (χ2v) is 5.06. The zero-order valence-corrected chi connectivity index (χ0v) is 12.0. The molecule has 1 aliphatic heterocycles. The number of amides is 3. The van der Waals surface area contributed by atoms with Crippen molar-refractivity contribution >= 4 is 17.7 Å². The predicted molar refractivity (Wildman–Crippen MR) is 72.6 cm³/mol. The van der Waals surface area contributed by atoms with Gasteiger partial charge in [0.15, 0.2) is 5.76 Å². The van der Waals surface area contributed by atoms with Gasteiger partial charge in [-0.1, -0.05) is 0 Å². The van der Waals surface area contributed by atoms with E-state index < -0.39 is 17.7 Å². The molecule has 1 aromatic rings. The van der Waals surface area contributed by atoms with Crippen molar-refractivity contribution in [3.8, 4) is 0 Å². The molecule has 1 aliphatic rings. The average Bonchev–Trinajstić information content (AvgIpc) is 2.91. The van der Waals surface area contributed by atoms with Crippen LogP contribution in [0, 0.1) is 0 Å². The Kier molecular flexibility index (Phi) is 4.27. The minimum Gasteiger partial charge on any atom is -0.454 e. The molecule has 0 bridgehead atoms. The Morgan fingerprint density at radius 1 is 1.33 bits per heavy atom. The first-order valence-electron chi connectivity index (χ1n) is 6.63. The molecule has 3 amide bonds. The summed E-state index contributed by atoms with van der Waals surface area (Å²) >= 11 is 0. The third-order valence-electron chi connectivity index (χ3n) is 3.33. The number of nitrogens with two attached hydrogens (primary N) is 1. The second-order valence-electron chi connectivity index (χ2n) is 5.06. The lowest BCUT2D eigenvalue weighted by molar-refractivity contribution is -0.157. The van der Waals surface area contributed by atoms with Gasteiger partial charge in [-0.2, -0.15) is 0 Å². The third kappa shape index (κ3) is 3.05. The number of hydrogen-bond acceptors (Lipinski definition) is 5. The van der Waals surface area contributed by atoms with Crippen molar-refractivity contribution in [1.82, 2.24) is 15.2 Å². The van der Waals surface area contributed by atoms with Gasteiger partial charge in [0.05, 0.1) is 6.54 Å². The Bertz CT molecular complexity index is 566. The normalized spacial score (nSPS) is 15.8. The fourth-order valence-corrected chi connectivity index (χ4v) is 2.18. The highest BCUT2D eigenvalue weighted by Gasteiger charge is 2.34. The molecule has 0 unspecified atom stereocenters. The first kappa shape index (κ1) is 15.0. The molecule has 1 saturated heterocycles. The van der Waals surface area contributed by atoms with Crippen LogP contribution in [0.4, 0.5) is 0 Å². The van der Waals surface area contributed by atoms with E-state index in [-0.39, 0.29) is 18.3 Å². The maximum absolute atomic E-state index is 12.0. The van der Waals surface area contributed by atoms with E-state index in [1.54, 1.807) is 6.07 Å². The molecule has 0 aromatic carbocycles. The van der Waals surface area contributed by atoms with Gasteiger partial charge in [0.25, 0.3) is 0 Å². The van der Waals surface area contributed by atoms with Crippen molar-refractivity contribution in [2.24, 2.45) is 5.84 Å². The Morgan fingerprint density at radius 3 is 2.67 bits per heavy atom. The quantitative estimate of drug-likeness (QED) is 0.335. The summed E-state index contributed by atoms with van der Waals surface area (Å²) in [4.78, 5) is 38.2. The molecule has 114 valence electrons. The van der Waals surface area contributed by atoms with Crippen LogP contribution in [-0.4, -0.2) is 46.7 Å². The van der Waals surface area contributed by atoms with Gasteiger partial charge in [0.2, 0.25) is 0 Å². The van der Waals surface area contributed by atoms with Crippen molar-refractivity contribution in [2.75, 3.05) is 13.1 Å². The number of nitrogens with zero attached hydrogens (tertiary/aromatic N) is 2. The molecule has 8 heteroatoms. The van der Waals surface area contributed by atoms with E-state index in [1.807, 2.05) is 19.3 Å². The Labute approximate surface area is 121 Å². The SMILES string of the molecule is CC(C)N1CCN(Cc2ccc(C(=O)NN)o2)C(=O)C1=O. The van der Waals surface area contributed by atoms with E-state index in [4.69, 9.17) is 10.3 Å². The number of carbonyl (C=O) groups excluding carboxylic acids is 3. The molecule has 0 saturated carbocycles. The summed E-state index contributed by atoms with van der Waals surface area (Å²) in [5.74, 6) is 3.87. The van der Waals surface area contributed by atoms with Gasteiger partial charge >= 0.3 is 17.7 Å². The lowest BCUT2D eigenvalue weighted by Gasteiger charge is -2.35. The summed E-state index contributed by atoms with van der Waals surface area (Å²) in [5, 5.41) is 0. The van der Waals surface area contributed by atoms with E-state index in [9.17, 15) is 14.4 Å². The summed E-state index contributed by atoms with van der Waals surface area (Å²) in [6.45, 7) is 4.80. The maximum atomic E-state index is 12.0. The van der Waals surface area contributed by atoms with Crippen molar-refractivity contribution < 1.29 is 18.8 Å². The molecular weight excluding hydrogens is 276 g/mol. The number of hydrazine groups is 1. The third-order valence-corrected chi connectivity index (χ3v) is 3.33. The van der Waals surface area contributed by atoms with E-state index >= 15 is 0 Å². The molecule has 3 N–H and O–H groups in total. The van der Waals surface area contributed by atoms with Gasteiger partial charge < -0.3 is 14.2 Å². The van der Waals surface area contributed by atoms with Crippen LogP contribution in [0.25, 0.3) is 0 Å². The maximum Gasteiger partial charge on any atom is 0.312 e. The van der Waals surface area contributed by atoms with Crippen molar-refractivity contribution in [3.63, 3.8) is 0 Å². The van der Waals surface area contributed by atoms with Gasteiger partial charge in [-0.25, -0.2) is 5.84 Å². The Hall–Kier alpha value is -2.35. The molecule has 0 atom stereocenters. The van der Waals surface area contributed by atoms with Crippen LogP contribution < -0.4 is 11.3 Å². The van der Waals surface area contributed by atoms with Gasteiger partial charge in [0, 0.05) is 19.1 Å². The van der Waals surface area contributed by atoms with E-state index in [1.165, 1.54) is 15.9 Å². The summed E-state index contributed by atoms with van der Waals surface area (Å²) in [6, 6.07) is 3.04. The van der Waals surface area contributed by atoms with Crippen molar-refractivity contribution in [3.05, 3.63) is 23.7 Å². The number of rotatable bonds is 4. The summed E-state index contributed by atoms with van der Waals surface area (Å²) in [6.07, 6.45) is 0. The predicted octanol–water partition coefficient (Wildman–Crippen LogP) is -0.538. The number of piperazine rings is 1. The number of nitrogens with one attached hydrogen (secondary N) is 1. The highest BCUT2D eigenvalue weighted by Crippen LogP contribution is 2.15. The van der Waals surface area contributed by atoms with Crippen LogP contribution in [-0.2, 0) is 16.1 Å². The molecular formula is C13H18N4O4. The summed E-state index contributed by atoms with van der Waals surface area (Å²) in [7, 11) is 0. The number of hydrogen-bond donors (Lipinski definition) is 2. The Morgan fingerprint density at radius 2 is 2.05 bits per heavy atom. The average molecular weight is 294 g/mol. The zero-order valence-electron chi connectivity index (χ0n) is 12.0. The number of furan rings is 1. The standard InChI is InChI=1S/C13H18N4O4/c1-8(2)17-6-5-16(12(19)13(17)20)7-9-3-4-10(21-9)11(18)15-14/h3-4,8H,5-7,14H2,1-2H3,(H,15,18). The largest absolute Gasteiger partial charge is 0.454 e. The molecule has 2 heterocycles. The van der Waals surface area contributed by atoms with Gasteiger partial charge in [-0.3, -0.25) is 19.8 Å². The minimum absolute atomic E-state index is 0.00735.